The van der Waals surface area contributed by atoms with Crippen molar-refractivity contribution < 1.29 is 9.53 Å². The van der Waals surface area contributed by atoms with Gasteiger partial charge in [0.25, 0.3) is 0 Å². The van der Waals surface area contributed by atoms with E-state index in [-0.39, 0.29) is 5.97 Å². The van der Waals surface area contributed by atoms with Crippen LogP contribution in [0.3, 0.4) is 0 Å². The quantitative estimate of drug-likeness (QED) is 0.730. The first-order valence-electron chi connectivity index (χ1n) is 5.31. The van der Waals surface area contributed by atoms with Crippen LogP contribution < -0.4 is 5.32 Å². The number of esters is 1. The van der Waals surface area contributed by atoms with E-state index in [1.54, 1.807) is 0 Å². The number of carbonyl (C=O) groups excluding carboxylic acids is 1. The van der Waals surface area contributed by atoms with Crippen LogP contribution in [-0.4, -0.2) is 36.6 Å². The molecular weight excluding hydrogens is 212 g/mol. The van der Waals surface area contributed by atoms with Crippen LogP contribution in [0.2, 0.25) is 0 Å². The lowest BCUT2D eigenvalue weighted by molar-refractivity contribution is -0.140. The van der Waals surface area contributed by atoms with Crippen LogP contribution >= 0.6 is 11.8 Å². The van der Waals surface area contributed by atoms with Crippen molar-refractivity contribution >= 4 is 22.9 Å². The highest BCUT2D eigenvalue weighted by Gasteiger charge is 2.35. The summed E-state index contributed by atoms with van der Waals surface area (Å²) < 4.78 is 4.56. The highest BCUT2D eigenvalue weighted by molar-refractivity contribution is 8.14. The highest BCUT2D eigenvalue weighted by atomic mass is 32.2. The molecular formula is C10H16N2O2S. The van der Waals surface area contributed by atoms with E-state index in [1.165, 1.54) is 20.0 Å². The van der Waals surface area contributed by atoms with Crippen molar-refractivity contribution in [3.05, 3.63) is 0 Å². The second-order valence-corrected chi connectivity index (χ2v) is 5.12. The van der Waals surface area contributed by atoms with E-state index in [0.717, 1.165) is 17.6 Å². The first-order chi connectivity index (χ1) is 7.29. The molecule has 1 unspecified atom stereocenters. The third-order valence-corrected chi connectivity index (χ3v) is 3.99. The summed E-state index contributed by atoms with van der Waals surface area (Å²) in [6, 6.07) is 0. The maximum atomic E-state index is 10.9. The van der Waals surface area contributed by atoms with Gasteiger partial charge >= 0.3 is 5.97 Å². The molecule has 2 rings (SSSR count). The zero-order chi connectivity index (χ0) is 10.7. The summed E-state index contributed by atoms with van der Waals surface area (Å²) in [5.41, 5.74) is 0. The number of nitrogens with zero attached hydrogens (tertiary/aromatic N) is 1. The van der Waals surface area contributed by atoms with Crippen LogP contribution in [0.5, 0.6) is 0 Å². The van der Waals surface area contributed by atoms with Crippen molar-refractivity contribution in [2.24, 2.45) is 10.9 Å². The SMILES string of the molecule is COC(=O)CCNC1=NCC(C2CC2)S1. The maximum Gasteiger partial charge on any atom is 0.307 e. The van der Waals surface area contributed by atoms with Gasteiger partial charge in [0.15, 0.2) is 5.17 Å². The zero-order valence-electron chi connectivity index (χ0n) is 8.86. The number of hydrogen-bond donors (Lipinski definition) is 1. The lowest BCUT2D eigenvalue weighted by atomic mass is 10.3. The van der Waals surface area contributed by atoms with Crippen molar-refractivity contribution in [1.82, 2.24) is 5.32 Å². The van der Waals surface area contributed by atoms with Crippen LogP contribution in [0.1, 0.15) is 19.3 Å². The highest BCUT2D eigenvalue weighted by Crippen LogP contribution is 2.41. The van der Waals surface area contributed by atoms with Gasteiger partial charge in [-0.3, -0.25) is 9.79 Å². The number of amidine groups is 1. The lowest BCUT2D eigenvalue weighted by Gasteiger charge is -2.06. The van der Waals surface area contributed by atoms with Crippen molar-refractivity contribution in [3.8, 4) is 0 Å². The number of methoxy groups -OCH3 is 1. The Morgan fingerprint density at radius 3 is 3.13 bits per heavy atom. The molecule has 1 atom stereocenters. The summed E-state index contributed by atoms with van der Waals surface area (Å²) in [4.78, 5) is 15.3. The number of ether oxygens (including phenoxy) is 1. The van der Waals surface area contributed by atoms with E-state index in [1.807, 2.05) is 11.8 Å². The molecule has 4 nitrogen and oxygen atoms in total. The van der Waals surface area contributed by atoms with Crippen molar-refractivity contribution in [3.63, 3.8) is 0 Å². The molecule has 0 aromatic carbocycles. The topological polar surface area (TPSA) is 50.7 Å². The third kappa shape index (κ3) is 3.12. The summed E-state index contributed by atoms with van der Waals surface area (Å²) in [5.74, 6) is 0.712. The Morgan fingerprint density at radius 1 is 1.67 bits per heavy atom. The molecule has 1 heterocycles. The number of hydrogen-bond acceptors (Lipinski definition) is 5. The molecule has 0 aromatic heterocycles. The molecule has 1 fully saturated rings. The number of aliphatic imine (C=N–C) groups is 1. The van der Waals surface area contributed by atoms with E-state index in [0.29, 0.717) is 18.2 Å². The molecule has 1 saturated carbocycles. The van der Waals surface area contributed by atoms with Crippen molar-refractivity contribution in [1.29, 1.82) is 0 Å². The number of rotatable bonds is 4. The fourth-order valence-electron chi connectivity index (χ4n) is 1.58. The van der Waals surface area contributed by atoms with Gasteiger partial charge in [-0.15, -0.1) is 0 Å². The molecule has 2 aliphatic rings. The van der Waals surface area contributed by atoms with Crippen LogP contribution in [0.25, 0.3) is 0 Å². The van der Waals surface area contributed by atoms with Crippen LogP contribution in [0.4, 0.5) is 0 Å². The summed E-state index contributed by atoms with van der Waals surface area (Å²) >= 11 is 1.83. The molecule has 0 bridgehead atoms. The lowest BCUT2D eigenvalue weighted by Crippen LogP contribution is -2.23. The number of carbonyl (C=O) groups is 1. The molecule has 0 radical (unpaired) electrons. The van der Waals surface area contributed by atoms with Gasteiger partial charge in [-0.1, -0.05) is 11.8 Å². The first-order valence-corrected chi connectivity index (χ1v) is 6.19. The van der Waals surface area contributed by atoms with Gasteiger partial charge < -0.3 is 10.1 Å². The van der Waals surface area contributed by atoms with Crippen LogP contribution in [0, 0.1) is 5.92 Å². The second kappa shape index (κ2) is 4.88. The van der Waals surface area contributed by atoms with Gasteiger partial charge in [0.1, 0.15) is 0 Å². The Bertz CT molecular complexity index is 277. The molecule has 15 heavy (non-hydrogen) atoms. The average molecular weight is 228 g/mol. The Labute approximate surface area is 93.9 Å². The van der Waals surface area contributed by atoms with Crippen molar-refractivity contribution in [2.45, 2.75) is 24.5 Å². The first kappa shape index (κ1) is 10.8. The van der Waals surface area contributed by atoms with Gasteiger partial charge in [0, 0.05) is 11.8 Å². The van der Waals surface area contributed by atoms with Gasteiger partial charge in [-0.2, -0.15) is 0 Å². The molecule has 1 aliphatic carbocycles. The van der Waals surface area contributed by atoms with E-state index in [2.05, 4.69) is 15.0 Å². The Morgan fingerprint density at radius 2 is 2.47 bits per heavy atom. The van der Waals surface area contributed by atoms with E-state index >= 15 is 0 Å². The molecule has 0 saturated heterocycles. The fraction of sp³-hybridized carbons (Fsp3) is 0.800. The fourth-order valence-corrected chi connectivity index (χ4v) is 2.81. The normalized spacial score (nSPS) is 24.9. The molecule has 1 aliphatic heterocycles. The number of nitrogens with one attached hydrogen (secondary N) is 1. The average Bonchev–Trinajstić information content (AvgIpc) is 2.99. The van der Waals surface area contributed by atoms with Gasteiger partial charge in [0.05, 0.1) is 20.1 Å². The second-order valence-electron chi connectivity index (χ2n) is 3.89. The summed E-state index contributed by atoms with van der Waals surface area (Å²) in [6.07, 6.45) is 3.13. The van der Waals surface area contributed by atoms with Gasteiger partial charge in [-0.25, -0.2) is 0 Å². The van der Waals surface area contributed by atoms with Crippen LogP contribution in [-0.2, 0) is 9.53 Å². The summed E-state index contributed by atoms with van der Waals surface area (Å²) in [5, 5.41) is 4.85. The molecule has 0 aromatic rings. The largest absolute Gasteiger partial charge is 0.469 e. The smallest absolute Gasteiger partial charge is 0.307 e. The minimum Gasteiger partial charge on any atom is -0.469 e. The predicted molar refractivity (Wildman–Crippen MR) is 61.0 cm³/mol. The third-order valence-electron chi connectivity index (χ3n) is 2.66. The molecule has 1 N–H and O–H groups in total. The van der Waals surface area contributed by atoms with Crippen molar-refractivity contribution in [2.75, 3.05) is 20.2 Å². The summed E-state index contributed by atoms with van der Waals surface area (Å²) in [6.45, 7) is 1.56. The summed E-state index contributed by atoms with van der Waals surface area (Å²) in [7, 11) is 1.41. The predicted octanol–water partition coefficient (Wildman–Crippen LogP) is 1.02. The Balaban J connectivity index is 1.61. The van der Waals surface area contributed by atoms with Gasteiger partial charge in [0.2, 0.25) is 0 Å². The van der Waals surface area contributed by atoms with Gasteiger partial charge in [-0.05, 0) is 18.8 Å². The maximum absolute atomic E-state index is 10.9. The van der Waals surface area contributed by atoms with E-state index in [9.17, 15) is 4.79 Å². The molecule has 0 amide bonds. The van der Waals surface area contributed by atoms with E-state index in [4.69, 9.17) is 0 Å². The Hall–Kier alpha value is -0.710. The van der Waals surface area contributed by atoms with Crippen LogP contribution in [0.15, 0.2) is 4.99 Å². The molecule has 84 valence electrons. The minimum atomic E-state index is -0.176. The standard InChI is InChI=1S/C10H16N2O2S/c1-14-9(13)4-5-11-10-12-6-8(15-10)7-2-3-7/h7-8H,2-6H2,1H3,(H,11,12). The zero-order valence-corrected chi connectivity index (χ0v) is 9.68. The minimum absolute atomic E-state index is 0.176. The van der Waals surface area contributed by atoms with E-state index < -0.39 is 0 Å². The molecule has 0 spiro atoms. The molecule has 5 heteroatoms. The monoisotopic (exact) mass is 228 g/mol. The number of thioether (sulfide) groups is 1. The Kier molecular flexibility index (Phi) is 3.51.